The number of pyridine rings is 1. The largest absolute Gasteiger partial charge is 0.356 e. The van der Waals surface area contributed by atoms with Gasteiger partial charge in [-0.2, -0.15) is 0 Å². The number of fused-ring (bicyclic) bond motifs is 4. The lowest BCUT2D eigenvalue weighted by Gasteiger charge is -2.38. The second kappa shape index (κ2) is 7.31. The molecule has 0 radical (unpaired) electrons. The Morgan fingerprint density at radius 3 is 2.42 bits per heavy atom. The van der Waals surface area contributed by atoms with Crippen molar-refractivity contribution in [3.05, 3.63) is 113 Å². The van der Waals surface area contributed by atoms with E-state index in [0.717, 1.165) is 33.1 Å². The zero-order valence-electron chi connectivity index (χ0n) is 17.7. The second-order valence-corrected chi connectivity index (χ2v) is 8.26. The standard InChI is InChI=1S/C27H21N5O/c28-23-15-14-17-8-4-7-13-22(17)32(23)26-25(29)24-19-11-5-6-12-20(19)30-21(24)16-31(26)27(33)18-9-2-1-3-10-18/h1-15,26,28-30H,16H2. The van der Waals surface area contributed by atoms with Crippen molar-refractivity contribution >= 4 is 33.4 Å². The summed E-state index contributed by atoms with van der Waals surface area (Å²) in [6.07, 6.45) is -0.747. The van der Waals surface area contributed by atoms with E-state index in [4.69, 9.17) is 5.41 Å². The monoisotopic (exact) mass is 431 g/mol. The quantitative estimate of drug-likeness (QED) is 0.367. The molecule has 3 aromatic carbocycles. The molecule has 33 heavy (non-hydrogen) atoms. The van der Waals surface area contributed by atoms with Gasteiger partial charge in [-0.05, 0) is 41.8 Å². The van der Waals surface area contributed by atoms with Crippen LogP contribution >= 0.6 is 0 Å². The molecule has 0 aliphatic carbocycles. The van der Waals surface area contributed by atoms with Crippen molar-refractivity contribution in [3.63, 3.8) is 0 Å². The molecule has 6 rings (SSSR count). The van der Waals surface area contributed by atoms with Crippen LogP contribution in [0.15, 0.2) is 91.0 Å². The average Bonchev–Trinajstić information content (AvgIpc) is 3.23. The third-order valence-electron chi connectivity index (χ3n) is 6.34. The van der Waals surface area contributed by atoms with Gasteiger partial charge < -0.3 is 15.3 Å². The highest BCUT2D eigenvalue weighted by Gasteiger charge is 2.38. The lowest BCUT2D eigenvalue weighted by Crippen LogP contribution is -2.48. The number of aromatic amines is 1. The number of para-hydroxylation sites is 2. The first kappa shape index (κ1) is 19.3. The maximum absolute atomic E-state index is 13.7. The first-order valence-corrected chi connectivity index (χ1v) is 10.8. The van der Waals surface area contributed by atoms with Gasteiger partial charge in [0.25, 0.3) is 5.91 Å². The van der Waals surface area contributed by atoms with Gasteiger partial charge in [0, 0.05) is 27.7 Å². The number of carbonyl (C=O) groups excluding carboxylic acids is 1. The van der Waals surface area contributed by atoms with E-state index in [1.807, 2.05) is 72.8 Å². The van der Waals surface area contributed by atoms with Crippen LogP contribution < -0.4 is 5.49 Å². The molecule has 2 aromatic heterocycles. The summed E-state index contributed by atoms with van der Waals surface area (Å²) in [7, 11) is 0. The predicted octanol–water partition coefficient (Wildman–Crippen LogP) is 4.82. The Labute approximate surface area is 189 Å². The summed E-state index contributed by atoms with van der Waals surface area (Å²) in [5.74, 6) is -0.172. The maximum atomic E-state index is 13.7. The van der Waals surface area contributed by atoms with E-state index < -0.39 is 6.17 Å². The zero-order valence-corrected chi connectivity index (χ0v) is 17.7. The van der Waals surface area contributed by atoms with E-state index in [1.54, 1.807) is 27.7 Å². The van der Waals surface area contributed by atoms with E-state index in [-0.39, 0.29) is 11.4 Å². The normalized spacial score (nSPS) is 15.7. The molecule has 5 aromatic rings. The van der Waals surface area contributed by atoms with E-state index in [1.165, 1.54) is 0 Å². The molecule has 1 unspecified atom stereocenters. The summed E-state index contributed by atoms with van der Waals surface area (Å²) in [4.78, 5) is 18.9. The minimum absolute atomic E-state index is 0.172. The molecule has 0 fully saturated rings. The number of H-pyrrole nitrogens is 1. The van der Waals surface area contributed by atoms with Gasteiger partial charge >= 0.3 is 0 Å². The minimum Gasteiger partial charge on any atom is -0.356 e. The van der Waals surface area contributed by atoms with Crippen molar-refractivity contribution < 1.29 is 4.79 Å². The fourth-order valence-corrected chi connectivity index (χ4v) is 4.85. The highest BCUT2D eigenvalue weighted by molar-refractivity contribution is 6.14. The predicted molar refractivity (Wildman–Crippen MR) is 128 cm³/mol. The Morgan fingerprint density at radius 2 is 1.58 bits per heavy atom. The average molecular weight is 431 g/mol. The molecule has 0 bridgehead atoms. The van der Waals surface area contributed by atoms with Crippen LogP contribution in [0.3, 0.4) is 0 Å². The molecule has 6 heteroatoms. The SMILES string of the molecule is N=C1c2c([nH]c3ccccc23)CN(C(=O)c2ccccc2)C1n1c(=N)ccc2ccccc21. The molecule has 1 aliphatic rings. The number of nitrogens with one attached hydrogen (secondary N) is 3. The second-order valence-electron chi connectivity index (χ2n) is 8.26. The molecule has 0 saturated heterocycles. The van der Waals surface area contributed by atoms with Gasteiger partial charge in [-0.3, -0.25) is 14.8 Å². The van der Waals surface area contributed by atoms with Gasteiger partial charge in [-0.1, -0.05) is 54.6 Å². The van der Waals surface area contributed by atoms with E-state index in [9.17, 15) is 10.2 Å². The number of amides is 1. The molecule has 0 saturated carbocycles. The number of benzene rings is 3. The number of nitrogens with zero attached hydrogens (tertiary/aromatic N) is 2. The Morgan fingerprint density at radius 1 is 0.848 bits per heavy atom. The maximum Gasteiger partial charge on any atom is 0.256 e. The van der Waals surface area contributed by atoms with Crippen molar-refractivity contribution in [1.29, 1.82) is 10.8 Å². The lowest BCUT2D eigenvalue weighted by molar-refractivity contribution is 0.0643. The highest BCUT2D eigenvalue weighted by atomic mass is 16.2. The number of aromatic nitrogens is 2. The van der Waals surface area contributed by atoms with E-state index in [0.29, 0.717) is 17.8 Å². The van der Waals surface area contributed by atoms with Crippen molar-refractivity contribution in [3.8, 4) is 0 Å². The molecule has 3 N–H and O–H groups in total. The van der Waals surface area contributed by atoms with Gasteiger partial charge in [-0.15, -0.1) is 0 Å². The van der Waals surface area contributed by atoms with Gasteiger partial charge in [0.15, 0.2) is 6.17 Å². The summed E-state index contributed by atoms with van der Waals surface area (Å²) in [5, 5.41) is 20.0. The van der Waals surface area contributed by atoms with Crippen LogP contribution in [0.25, 0.3) is 21.8 Å². The third-order valence-corrected chi connectivity index (χ3v) is 6.34. The first-order valence-electron chi connectivity index (χ1n) is 10.8. The van der Waals surface area contributed by atoms with Crippen molar-refractivity contribution in [2.45, 2.75) is 12.7 Å². The van der Waals surface area contributed by atoms with Crippen molar-refractivity contribution in [2.24, 2.45) is 0 Å². The van der Waals surface area contributed by atoms with Crippen LogP contribution in [0.4, 0.5) is 0 Å². The molecule has 6 nitrogen and oxygen atoms in total. The summed E-state index contributed by atoms with van der Waals surface area (Å²) in [6.45, 7) is 0.320. The summed E-state index contributed by atoms with van der Waals surface area (Å²) >= 11 is 0. The molecule has 1 amide bonds. The fourth-order valence-electron chi connectivity index (χ4n) is 4.85. The summed E-state index contributed by atoms with van der Waals surface area (Å²) < 4.78 is 1.79. The fraction of sp³-hybridized carbons (Fsp3) is 0.0741. The summed E-state index contributed by atoms with van der Waals surface area (Å²) in [5.41, 5.74) is 4.51. The summed E-state index contributed by atoms with van der Waals surface area (Å²) in [6, 6.07) is 28.5. The molecule has 1 aliphatic heterocycles. The van der Waals surface area contributed by atoms with Crippen LogP contribution in [0.2, 0.25) is 0 Å². The van der Waals surface area contributed by atoms with Crippen LogP contribution in [0.5, 0.6) is 0 Å². The van der Waals surface area contributed by atoms with Crippen LogP contribution in [-0.4, -0.2) is 26.1 Å². The number of hydrogen-bond acceptors (Lipinski definition) is 3. The van der Waals surface area contributed by atoms with Gasteiger partial charge in [0.05, 0.1) is 17.8 Å². The van der Waals surface area contributed by atoms with E-state index >= 15 is 0 Å². The molecular formula is C27H21N5O. The Kier molecular flexibility index (Phi) is 4.26. The van der Waals surface area contributed by atoms with Crippen molar-refractivity contribution in [1.82, 2.24) is 14.5 Å². The van der Waals surface area contributed by atoms with Crippen molar-refractivity contribution in [2.75, 3.05) is 0 Å². The van der Waals surface area contributed by atoms with Gasteiger partial charge in [-0.25, -0.2) is 0 Å². The highest BCUT2D eigenvalue weighted by Crippen LogP contribution is 2.35. The van der Waals surface area contributed by atoms with Crippen LogP contribution in [-0.2, 0) is 6.54 Å². The molecule has 160 valence electrons. The molecule has 1 atom stereocenters. The lowest BCUT2D eigenvalue weighted by atomic mass is 9.97. The smallest absolute Gasteiger partial charge is 0.256 e. The Bertz CT molecular complexity index is 1610. The van der Waals surface area contributed by atoms with E-state index in [2.05, 4.69) is 4.98 Å². The molecule has 0 spiro atoms. The Balaban J connectivity index is 1.63. The minimum atomic E-state index is -0.747. The number of hydrogen-bond donors (Lipinski definition) is 3. The van der Waals surface area contributed by atoms with Crippen LogP contribution in [0, 0.1) is 10.8 Å². The number of rotatable bonds is 2. The topological polar surface area (TPSA) is 88.7 Å². The Hall–Kier alpha value is -4.45. The molecule has 3 heterocycles. The first-order chi connectivity index (χ1) is 16.1. The third kappa shape index (κ3) is 2.91. The zero-order chi connectivity index (χ0) is 22.5. The van der Waals surface area contributed by atoms with Crippen LogP contribution in [0.1, 0.15) is 27.8 Å². The van der Waals surface area contributed by atoms with Gasteiger partial charge in [0.1, 0.15) is 5.49 Å². The number of carbonyl (C=O) groups is 1. The van der Waals surface area contributed by atoms with Gasteiger partial charge in [0.2, 0.25) is 0 Å². The molecular weight excluding hydrogens is 410 g/mol.